The number of hydrogen-bond acceptors (Lipinski definition) is 3. The zero-order chi connectivity index (χ0) is 13.0. The molecule has 0 spiro atoms. The first kappa shape index (κ1) is 14.1. The van der Waals surface area contributed by atoms with E-state index in [4.69, 9.17) is 21.1 Å². The van der Waals surface area contributed by atoms with E-state index in [0.717, 1.165) is 22.6 Å². The van der Waals surface area contributed by atoms with Gasteiger partial charge in [-0.1, -0.05) is 0 Å². The number of benzene rings is 1. The predicted octanol–water partition coefficient (Wildman–Crippen LogP) is 2.85. The molecular weight excluding hydrogens is 238 g/mol. The van der Waals surface area contributed by atoms with E-state index in [1.165, 1.54) is 0 Å². The molecule has 0 bridgehead atoms. The molecule has 0 saturated heterocycles. The minimum atomic E-state index is 0.137. The summed E-state index contributed by atoms with van der Waals surface area (Å²) in [6.45, 7) is 2.05. The minimum Gasteiger partial charge on any atom is -0.497 e. The molecule has 0 saturated carbocycles. The predicted molar refractivity (Wildman–Crippen MR) is 71.4 cm³/mol. The summed E-state index contributed by atoms with van der Waals surface area (Å²) in [4.78, 5) is 2.09. The first-order valence-corrected chi connectivity index (χ1v) is 6.03. The van der Waals surface area contributed by atoms with Crippen molar-refractivity contribution in [3.05, 3.63) is 23.3 Å². The van der Waals surface area contributed by atoms with Crippen LogP contribution in [0.1, 0.15) is 17.2 Å². The topological polar surface area (TPSA) is 21.7 Å². The highest BCUT2D eigenvalue weighted by Gasteiger charge is 2.20. The summed E-state index contributed by atoms with van der Waals surface area (Å²) in [5.41, 5.74) is 2.24. The maximum Gasteiger partial charge on any atom is 0.127 e. The Balaban J connectivity index is 3.30. The van der Waals surface area contributed by atoms with Gasteiger partial charge in [-0.25, -0.2) is 0 Å². The lowest BCUT2D eigenvalue weighted by Crippen LogP contribution is -2.22. The van der Waals surface area contributed by atoms with Crippen molar-refractivity contribution in [3.8, 4) is 11.5 Å². The van der Waals surface area contributed by atoms with Gasteiger partial charge in [-0.15, -0.1) is 11.6 Å². The van der Waals surface area contributed by atoms with Crippen LogP contribution in [0.15, 0.2) is 12.1 Å². The Labute approximate surface area is 108 Å². The largest absolute Gasteiger partial charge is 0.497 e. The first-order chi connectivity index (χ1) is 8.04. The molecule has 0 fully saturated rings. The van der Waals surface area contributed by atoms with E-state index in [2.05, 4.69) is 4.90 Å². The maximum absolute atomic E-state index is 6.04. The molecule has 1 aromatic carbocycles. The summed E-state index contributed by atoms with van der Waals surface area (Å²) in [6.07, 6.45) is 0. The highest BCUT2D eigenvalue weighted by molar-refractivity contribution is 6.18. The molecular formula is C13H20ClNO2. The molecule has 96 valence electrons. The molecule has 0 heterocycles. The molecule has 3 nitrogen and oxygen atoms in total. The van der Waals surface area contributed by atoms with Crippen LogP contribution in [-0.4, -0.2) is 39.1 Å². The molecule has 1 atom stereocenters. The van der Waals surface area contributed by atoms with Crippen molar-refractivity contribution in [2.75, 3.05) is 34.2 Å². The molecule has 0 N–H and O–H groups in total. The molecule has 1 unspecified atom stereocenters. The highest BCUT2D eigenvalue weighted by Crippen LogP contribution is 2.35. The highest BCUT2D eigenvalue weighted by atomic mass is 35.5. The van der Waals surface area contributed by atoms with Gasteiger partial charge in [0.2, 0.25) is 0 Å². The van der Waals surface area contributed by atoms with Crippen LogP contribution in [-0.2, 0) is 0 Å². The van der Waals surface area contributed by atoms with Crippen LogP contribution < -0.4 is 9.47 Å². The standard InChI is InChI=1S/C13H20ClNO2/c1-9-6-10(16-4)7-12(17-5)13(9)11(8-14)15(2)3/h6-7,11H,8H2,1-5H3. The van der Waals surface area contributed by atoms with Gasteiger partial charge in [0.05, 0.1) is 20.3 Å². The van der Waals surface area contributed by atoms with Gasteiger partial charge in [-0.2, -0.15) is 0 Å². The van der Waals surface area contributed by atoms with Gasteiger partial charge in [0, 0.05) is 17.5 Å². The van der Waals surface area contributed by atoms with Crippen molar-refractivity contribution in [1.82, 2.24) is 4.90 Å². The fourth-order valence-corrected chi connectivity index (χ4v) is 2.35. The van der Waals surface area contributed by atoms with Gasteiger partial charge in [0.15, 0.2) is 0 Å². The number of alkyl halides is 1. The Morgan fingerprint density at radius 3 is 2.29 bits per heavy atom. The lowest BCUT2D eigenvalue weighted by atomic mass is 10.00. The Morgan fingerprint density at radius 2 is 1.88 bits per heavy atom. The number of methoxy groups -OCH3 is 2. The molecule has 1 aromatic rings. The molecule has 4 heteroatoms. The SMILES string of the molecule is COc1cc(C)c(C(CCl)N(C)C)c(OC)c1. The first-order valence-electron chi connectivity index (χ1n) is 5.50. The lowest BCUT2D eigenvalue weighted by molar-refractivity contribution is 0.308. The van der Waals surface area contributed by atoms with Crippen LogP contribution in [0.3, 0.4) is 0 Å². The van der Waals surface area contributed by atoms with Gasteiger partial charge < -0.3 is 14.4 Å². The van der Waals surface area contributed by atoms with Crippen LogP contribution >= 0.6 is 11.6 Å². The average molecular weight is 258 g/mol. The van der Waals surface area contributed by atoms with Crippen LogP contribution in [0.4, 0.5) is 0 Å². The van der Waals surface area contributed by atoms with E-state index in [9.17, 15) is 0 Å². The van der Waals surface area contributed by atoms with Crippen LogP contribution in [0, 0.1) is 6.92 Å². The Morgan fingerprint density at radius 1 is 1.24 bits per heavy atom. The van der Waals surface area contributed by atoms with Crippen molar-refractivity contribution in [2.45, 2.75) is 13.0 Å². The van der Waals surface area contributed by atoms with Crippen molar-refractivity contribution in [3.63, 3.8) is 0 Å². The zero-order valence-corrected chi connectivity index (χ0v) is 11.8. The van der Waals surface area contributed by atoms with Crippen molar-refractivity contribution >= 4 is 11.6 Å². The van der Waals surface area contributed by atoms with E-state index in [1.807, 2.05) is 33.2 Å². The molecule has 0 aliphatic rings. The number of ether oxygens (including phenoxy) is 2. The molecule has 17 heavy (non-hydrogen) atoms. The fourth-order valence-electron chi connectivity index (χ4n) is 1.92. The molecule has 0 amide bonds. The quantitative estimate of drug-likeness (QED) is 0.757. The number of aryl methyl sites for hydroxylation is 1. The number of rotatable bonds is 5. The third-order valence-electron chi connectivity index (χ3n) is 2.88. The third-order valence-corrected chi connectivity index (χ3v) is 3.17. The van der Waals surface area contributed by atoms with Gasteiger partial charge in [-0.05, 0) is 32.6 Å². The third kappa shape index (κ3) is 3.05. The second-order valence-corrected chi connectivity index (χ2v) is 4.50. The molecule has 0 aliphatic carbocycles. The second-order valence-electron chi connectivity index (χ2n) is 4.19. The zero-order valence-electron chi connectivity index (χ0n) is 11.1. The number of nitrogens with zero attached hydrogens (tertiary/aromatic N) is 1. The lowest BCUT2D eigenvalue weighted by Gasteiger charge is -2.26. The Kier molecular flexibility index (Phi) is 5.09. The van der Waals surface area contributed by atoms with Crippen molar-refractivity contribution in [1.29, 1.82) is 0 Å². The second kappa shape index (κ2) is 6.12. The van der Waals surface area contributed by atoms with Gasteiger partial charge >= 0.3 is 0 Å². The summed E-state index contributed by atoms with van der Waals surface area (Å²) in [5.74, 6) is 2.15. The average Bonchev–Trinajstić information content (AvgIpc) is 2.31. The van der Waals surface area contributed by atoms with E-state index in [1.54, 1.807) is 14.2 Å². The van der Waals surface area contributed by atoms with E-state index >= 15 is 0 Å². The van der Waals surface area contributed by atoms with E-state index < -0.39 is 0 Å². The van der Waals surface area contributed by atoms with Gasteiger partial charge in [0.25, 0.3) is 0 Å². The van der Waals surface area contributed by atoms with Gasteiger partial charge in [-0.3, -0.25) is 0 Å². The minimum absolute atomic E-state index is 0.137. The summed E-state index contributed by atoms with van der Waals surface area (Å²) in [5, 5.41) is 0. The summed E-state index contributed by atoms with van der Waals surface area (Å²) in [7, 11) is 7.34. The molecule has 0 aromatic heterocycles. The van der Waals surface area contributed by atoms with E-state index in [-0.39, 0.29) is 6.04 Å². The van der Waals surface area contributed by atoms with Crippen LogP contribution in [0.5, 0.6) is 11.5 Å². The molecule has 0 aliphatic heterocycles. The van der Waals surface area contributed by atoms with Crippen molar-refractivity contribution < 1.29 is 9.47 Å². The summed E-state index contributed by atoms with van der Waals surface area (Å²) < 4.78 is 10.7. The molecule has 0 radical (unpaired) electrons. The van der Waals surface area contributed by atoms with Gasteiger partial charge in [0.1, 0.15) is 11.5 Å². The summed E-state index contributed by atoms with van der Waals surface area (Å²) >= 11 is 6.04. The number of halogens is 1. The number of hydrogen-bond donors (Lipinski definition) is 0. The van der Waals surface area contributed by atoms with E-state index in [0.29, 0.717) is 5.88 Å². The molecule has 1 rings (SSSR count). The Bertz CT molecular complexity index is 380. The Hall–Kier alpha value is -0.930. The smallest absolute Gasteiger partial charge is 0.127 e. The van der Waals surface area contributed by atoms with Crippen molar-refractivity contribution in [2.24, 2.45) is 0 Å². The monoisotopic (exact) mass is 257 g/mol. The fraction of sp³-hybridized carbons (Fsp3) is 0.538. The maximum atomic E-state index is 6.04. The van der Waals surface area contributed by atoms with Crippen LogP contribution in [0.25, 0.3) is 0 Å². The normalized spacial score (nSPS) is 12.6. The van der Waals surface area contributed by atoms with Crippen LogP contribution in [0.2, 0.25) is 0 Å². The summed E-state index contributed by atoms with van der Waals surface area (Å²) in [6, 6.07) is 4.03.